The van der Waals surface area contributed by atoms with Gasteiger partial charge in [0.1, 0.15) is 17.8 Å². The number of aromatic hydroxyl groups is 1. The van der Waals surface area contributed by atoms with Crippen molar-refractivity contribution >= 4 is 23.7 Å². The Labute approximate surface area is 181 Å². The van der Waals surface area contributed by atoms with Gasteiger partial charge >= 0.3 is 5.97 Å². The number of phenols is 1. The SMILES string of the molecule is CC(C)C(N)C(=O)NCC(=O)NC(C(=O)NC(Cc1ccc(O)cc1)C(=O)O)C(C)C. The normalized spacial score (nSPS) is 13.9. The van der Waals surface area contributed by atoms with Gasteiger partial charge in [0.15, 0.2) is 0 Å². The Morgan fingerprint density at radius 3 is 2.00 bits per heavy atom. The summed E-state index contributed by atoms with van der Waals surface area (Å²) >= 11 is 0. The van der Waals surface area contributed by atoms with E-state index in [1.54, 1.807) is 39.8 Å². The van der Waals surface area contributed by atoms with Crippen LogP contribution in [0.2, 0.25) is 0 Å². The maximum absolute atomic E-state index is 12.7. The molecule has 3 amide bonds. The van der Waals surface area contributed by atoms with Gasteiger partial charge in [-0.25, -0.2) is 4.79 Å². The Bertz CT molecular complexity index is 779. The lowest BCUT2D eigenvalue weighted by atomic mass is 10.0. The number of carbonyl (C=O) groups excluding carboxylic acids is 3. The fourth-order valence-electron chi connectivity index (χ4n) is 2.68. The second-order valence-electron chi connectivity index (χ2n) is 8.05. The van der Waals surface area contributed by atoms with Gasteiger partial charge in [0, 0.05) is 6.42 Å². The third kappa shape index (κ3) is 8.63. The number of benzene rings is 1. The molecule has 31 heavy (non-hydrogen) atoms. The van der Waals surface area contributed by atoms with Gasteiger partial charge in [-0.2, -0.15) is 0 Å². The number of hydrogen-bond acceptors (Lipinski definition) is 6. The van der Waals surface area contributed by atoms with Crippen molar-refractivity contribution in [3.8, 4) is 5.75 Å². The van der Waals surface area contributed by atoms with E-state index in [0.717, 1.165) is 0 Å². The molecule has 0 aliphatic heterocycles. The van der Waals surface area contributed by atoms with Crippen LogP contribution in [0.25, 0.3) is 0 Å². The number of phenolic OH excluding ortho intramolecular Hbond substituents is 1. The zero-order chi connectivity index (χ0) is 23.7. The minimum absolute atomic E-state index is 0.00324. The summed E-state index contributed by atoms with van der Waals surface area (Å²) in [5.41, 5.74) is 6.33. The van der Waals surface area contributed by atoms with Gasteiger partial charge in [0.2, 0.25) is 17.7 Å². The highest BCUT2D eigenvalue weighted by Crippen LogP contribution is 2.12. The predicted molar refractivity (Wildman–Crippen MR) is 114 cm³/mol. The molecule has 0 spiro atoms. The molecular weight excluding hydrogens is 404 g/mol. The molecular formula is C21H32N4O6. The molecule has 1 rings (SSSR count). The van der Waals surface area contributed by atoms with E-state index < -0.39 is 41.8 Å². The number of aliphatic carboxylic acids is 1. The van der Waals surface area contributed by atoms with E-state index in [9.17, 15) is 29.4 Å². The molecule has 0 fully saturated rings. The number of hydrogen-bond donors (Lipinski definition) is 6. The first-order chi connectivity index (χ1) is 14.4. The third-order valence-corrected chi connectivity index (χ3v) is 4.70. The van der Waals surface area contributed by atoms with Crippen LogP contribution in [0.4, 0.5) is 0 Å². The fraction of sp³-hybridized carbons (Fsp3) is 0.524. The van der Waals surface area contributed by atoms with Gasteiger partial charge in [-0.1, -0.05) is 39.8 Å². The van der Waals surface area contributed by atoms with Crippen LogP contribution in [0.15, 0.2) is 24.3 Å². The van der Waals surface area contributed by atoms with Gasteiger partial charge in [-0.3, -0.25) is 14.4 Å². The van der Waals surface area contributed by atoms with Crippen LogP contribution < -0.4 is 21.7 Å². The van der Waals surface area contributed by atoms with E-state index in [2.05, 4.69) is 16.0 Å². The maximum atomic E-state index is 12.7. The van der Waals surface area contributed by atoms with Crippen molar-refractivity contribution in [2.24, 2.45) is 17.6 Å². The summed E-state index contributed by atoms with van der Waals surface area (Å²) in [6.45, 7) is 6.60. The zero-order valence-electron chi connectivity index (χ0n) is 18.2. The molecule has 7 N–H and O–H groups in total. The molecule has 0 saturated heterocycles. The average Bonchev–Trinajstić information content (AvgIpc) is 2.70. The van der Waals surface area contributed by atoms with Gasteiger partial charge in [-0.05, 0) is 29.5 Å². The molecule has 0 aliphatic carbocycles. The molecule has 0 aliphatic rings. The lowest BCUT2D eigenvalue weighted by Gasteiger charge is -2.24. The van der Waals surface area contributed by atoms with Crippen LogP contribution in [0.5, 0.6) is 5.75 Å². The fourth-order valence-corrected chi connectivity index (χ4v) is 2.68. The first kappa shape index (κ1) is 25.9. The first-order valence-corrected chi connectivity index (χ1v) is 10.1. The van der Waals surface area contributed by atoms with Crippen molar-refractivity contribution in [1.29, 1.82) is 0 Å². The molecule has 172 valence electrons. The summed E-state index contributed by atoms with van der Waals surface area (Å²) in [5.74, 6) is -3.34. The van der Waals surface area contributed by atoms with Crippen molar-refractivity contribution in [1.82, 2.24) is 16.0 Å². The van der Waals surface area contributed by atoms with Crippen LogP contribution >= 0.6 is 0 Å². The second kappa shape index (κ2) is 11.9. The van der Waals surface area contributed by atoms with E-state index in [4.69, 9.17) is 5.73 Å². The average molecular weight is 437 g/mol. The Balaban J connectivity index is 2.73. The van der Waals surface area contributed by atoms with E-state index in [1.165, 1.54) is 12.1 Å². The molecule has 0 radical (unpaired) electrons. The summed E-state index contributed by atoms with van der Waals surface area (Å²) in [5, 5.41) is 26.2. The number of nitrogens with one attached hydrogen (secondary N) is 3. The number of rotatable bonds is 11. The van der Waals surface area contributed by atoms with Crippen molar-refractivity contribution in [2.45, 2.75) is 52.2 Å². The van der Waals surface area contributed by atoms with E-state index in [-0.39, 0.29) is 30.6 Å². The topological polar surface area (TPSA) is 171 Å². The van der Waals surface area contributed by atoms with Crippen LogP contribution in [-0.4, -0.2) is 58.6 Å². The molecule has 1 aromatic rings. The number of carboxylic acids is 1. The minimum Gasteiger partial charge on any atom is -0.508 e. The molecule has 1 aromatic carbocycles. The van der Waals surface area contributed by atoms with Crippen molar-refractivity contribution in [3.05, 3.63) is 29.8 Å². The highest BCUT2D eigenvalue weighted by atomic mass is 16.4. The molecule has 0 heterocycles. The standard InChI is InChI=1S/C21H32N4O6/c1-11(2)17(22)19(28)23-10-16(27)25-18(12(3)4)20(29)24-15(21(30)31)9-13-5-7-14(26)8-6-13/h5-8,11-12,15,17-18,26H,9-10,22H2,1-4H3,(H,23,28)(H,24,29)(H,25,27)(H,30,31). The van der Waals surface area contributed by atoms with E-state index in [0.29, 0.717) is 5.56 Å². The quantitative estimate of drug-likeness (QED) is 0.277. The van der Waals surface area contributed by atoms with Crippen LogP contribution in [0.1, 0.15) is 33.3 Å². The number of carboxylic acid groups (broad SMARTS) is 1. The lowest BCUT2D eigenvalue weighted by Crippen LogP contribution is -2.56. The monoisotopic (exact) mass is 436 g/mol. The van der Waals surface area contributed by atoms with E-state index >= 15 is 0 Å². The largest absolute Gasteiger partial charge is 0.508 e. The Morgan fingerprint density at radius 1 is 0.935 bits per heavy atom. The smallest absolute Gasteiger partial charge is 0.326 e. The zero-order valence-corrected chi connectivity index (χ0v) is 18.2. The number of amides is 3. The second-order valence-corrected chi connectivity index (χ2v) is 8.05. The molecule has 10 heteroatoms. The van der Waals surface area contributed by atoms with Gasteiger partial charge in [-0.15, -0.1) is 0 Å². The Morgan fingerprint density at radius 2 is 1.52 bits per heavy atom. The van der Waals surface area contributed by atoms with Crippen molar-refractivity contribution < 1.29 is 29.4 Å². The van der Waals surface area contributed by atoms with Gasteiger partial charge in [0.25, 0.3) is 0 Å². The summed E-state index contributed by atoms with van der Waals surface area (Å²) in [7, 11) is 0. The molecule has 0 aromatic heterocycles. The molecule has 3 atom stereocenters. The number of carbonyl (C=O) groups is 4. The molecule has 0 saturated carbocycles. The highest BCUT2D eigenvalue weighted by Gasteiger charge is 2.29. The summed E-state index contributed by atoms with van der Waals surface area (Å²) < 4.78 is 0. The first-order valence-electron chi connectivity index (χ1n) is 10.1. The summed E-state index contributed by atoms with van der Waals surface area (Å²) in [6, 6.07) is 2.99. The Kier molecular flexibility index (Phi) is 9.94. The van der Waals surface area contributed by atoms with Crippen molar-refractivity contribution in [2.75, 3.05) is 6.54 Å². The van der Waals surface area contributed by atoms with Crippen LogP contribution in [0, 0.1) is 11.8 Å². The van der Waals surface area contributed by atoms with Gasteiger partial charge in [0.05, 0.1) is 12.6 Å². The van der Waals surface area contributed by atoms with Crippen LogP contribution in [0.3, 0.4) is 0 Å². The highest BCUT2D eigenvalue weighted by molar-refractivity contribution is 5.92. The summed E-state index contributed by atoms with van der Waals surface area (Å²) in [6.07, 6.45) is 0.00324. The van der Waals surface area contributed by atoms with Gasteiger partial charge < -0.3 is 31.9 Å². The molecule has 0 bridgehead atoms. The maximum Gasteiger partial charge on any atom is 0.326 e. The van der Waals surface area contributed by atoms with Crippen molar-refractivity contribution in [3.63, 3.8) is 0 Å². The number of nitrogens with two attached hydrogens (primary N) is 1. The predicted octanol–water partition coefficient (Wildman–Crippen LogP) is -0.256. The minimum atomic E-state index is -1.23. The lowest BCUT2D eigenvalue weighted by molar-refractivity contribution is -0.142. The summed E-state index contributed by atoms with van der Waals surface area (Å²) in [4.78, 5) is 48.4. The third-order valence-electron chi connectivity index (χ3n) is 4.70. The Hall–Kier alpha value is -3.14. The van der Waals surface area contributed by atoms with E-state index in [1.807, 2.05) is 0 Å². The van der Waals surface area contributed by atoms with Crippen LogP contribution in [-0.2, 0) is 25.6 Å². The molecule has 10 nitrogen and oxygen atoms in total. The molecule has 3 unspecified atom stereocenters.